The topological polar surface area (TPSA) is 42.7 Å². The van der Waals surface area contributed by atoms with Crippen LogP contribution in [0.25, 0.3) is 0 Å². The molecule has 5 heteroatoms. The van der Waals surface area contributed by atoms with Crippen LogP contribution in [0.4, 0.5) is 0 Å². The van der Waals surface area contributed by atoms with Crippen molar-refractivity contribution < 1.29 is 0 Å². The maximum absolute atomic E-state index is 4.56. The number of aryl methyl sites for hydroxylation is 3. The molecule has 0 aliphatic heterocycles. The van der Waals surface area contributed by atoms with Crippen LogP contribution in [0.3, 0.4) is 0 Å². The van der Waals surface area contributed by atoms with Gasteiger partial charge in [-0.05, 0) is 20.8 Å². The normalized spacial score (nSPS) is 12.9. The highest BCUT2D eigenvalue weighted by molar-refractivity contribution is 7.11. The first-order valence-corrected chi connectivity index (χ1v) is 6.52. The van der Waals surface area contributed by atoms with Crippen LogP contribution in [0.2, 0.25) is 0 Å². The van der Waals surface area contributed by atoms with E-state index >= 15 is 0 Å². The molecule has 2 heterocycles. The summed E-state index contributed by atoms with van der Waals surface area (Å²) in [6.07, 6.45) is 3.91. The zero-order valence-electron chi connectivity index (χ0n) is 10.7. The van der Waals surface area contributed by atoms with Gasteiger partial charge in [0.1, 0.15) is 0 Å². The van der Waals surface area contributed by atoms with Gasteiger partial charge in [-0.25, -0.2) is 4.98 Å². The Balaban J connectivity index is 1.97. The van der Waals surface area contributed by atoms with Crippen LogP contribution in [0.15, 0.2) is 12.4 Å². The molecule has 0 saturated heterocycles. The van der Waals surface area contributed by atoms with E-state index in [9.17, 15) is 0 Å². The fraction of sp³-hybridized carbons (Fsp3) is 0.500. The zero-order valence-corrected chi connectivity index (χ0v) is 11.5. The van der Waals surface area contributed by atoms with Crippen LogP contribution in [-0.4, -0.2) is 14.8 Å². The summed E-state index contributed by atoms with van der Waals surface area (Å²) in [5.74, 6) is 0. The molecular formula is C12H18N4S. The number of thiazole rings is 1. The van der Waals surface area contributed by atoms with E-state index in [1.165, 1.54) is 10.4 Å². The van der Waals surface area contributed by atoms with Gasteiger partial charge in [-0.2, -0.15) is 5.10 Å². The van der Waals surface area contributed by atoms with Crippen molar-refractivity contribution >= 4 is 11.3 Å². The van der Waals surface area contributed by atoms with Crippen LogP contribution in [0.1, 0.15) is 34.1 Å². The van der Waals surface area contributed by atoms with E-state index in [2.05, 4.69) is 36.2 Å². The second-order valence-corrected chi connectivity index (χ2v) is 5.71. The second kappa shape index (κ2) is 4.98. The minimum atomic E-state index is 0.278. The summed E-state index contributed by atoms with van der Waals surface area (Å²) in [5, 5.41) is 8.76. The van der Waals surface area contributed by atoms with Gasteiger partial charge in [0.05, 0.1) is 16.9 Å². The number of aromatic nitrogens is 3. The van der Waals surface area contributed by atoms with E-state index in [4.69, 9.17) is 0 Å². The Labute approximate surface area is 106 Å². The van der Waals surface area contributed by atoms with Gasteiger partial charge in [0.15, 0.2) is 0 Å². The summed E-state index contributed by atoms with van der Waals surface area (Å²) in [7, 11) is 1.93. The first kappa shape index (κ1) is 12.3. The number of nitrogens with one attached hydrogen (secondary N) is 1. The van der Waals surface area contributed by atoms with E-state index in [0.29, 0.717) is 0 Å². The maximum Gasteiger partial charge on any atom is 0.0900 e. The third kappa shape index (κ3) is 2.92. The van der Waals surface area contributed by atoms with Crippen molar-refractivity contribution in [3.63, 3.8) is 0 Å². The zero-order chi connectivity index (χ0) is 12.4. The predicted molar refractivity (Wildman–Crippen MR) is 70.1 cm³/mol. The van der Waals surface area contributed by atoms with E-state index in [1.54, 1.807) is 11.3 Å². The van der Waals surface area contributed by atoms with E-state index in [0.717, 1.165) is 17.2 Å². The Bertz CT molecular complexity index is 500. The van der Waals surface area contributed by atoms with Gasteiger partial charge in [-0.15, -0.1) is 11.3 Å². The second-order valence-electron chi connectivity index (χ2n) is 4.30. The van der Waals surface area contributed by atoms with Gasteiger partial charge in [-0.1, -0.05) is 0 Å². The Morgan fingerprint density at radius 2 is 2.24 bits per heavy atom. The van der Waals surface area contributed by atoms with Crippen molar-refractivity contribution in [1.82, 2.24) is 20.1 Å². The lowest BCUT2D eigenvalue weighted by molar-refractivity contribution is 0.561. The Morgan fingerprint density at radius 3 is 2.76 bits per heavy atom. The van der Waals surface area contributed by atoms with E-state index in [1.807, 2.05) is 24.1 Å². The quantitative estimate of drug-likeness (QED) is 0.905. The molecular weight excluding hydrogens is 232 g/mol. The molecule has 0 saturated carbocycles. The number of hydrogen-bond acceptors (Lipinski definition) is 4. The smallest absolute Gasteiger partial charge is 0.0900 e. The first-order valence-electron chi connectivity index (χ1n) is 5.71. The molecule has 0 aliphatic carbocycles. The highest BCUT2D eigenvalue weighted by atomic mass is 32.1. The molecule has 0 spiro atoms. The number of hydrogen-bond donors (Lipinski definition) is 1. The maximum atomic E-state index is 4.56. The largest absolute Gasteiger partial charge is 0.305 e. The third-order valence-electron chi connectivity index (χ3n) is 2.72. The summed E-state index contributed by atoms with van der Waals surface area (Å²) in [6.45, 7) is 7.15. The molecule has 2 aromatic rings. The number of nitrogens with zero attached hydrogens (tertiary/aromatic N) is 3. The summed E-state index contributed by atoms with van der Waals surface area (Å²) in [4.78, 5) is 5.86. The molecule has 1 atom stereocenters. The molecule has 2 aromatic heterocycles. The van der Waals surface area contributed by atoms with Crippen LogP contribution >= 0.6 is 11.3 Å². The molecule has 2 rings (SSSR count). The Morgan fingerprint density at radius 1 is 1.47 bits per heavy atom. The summed E-state index contributed by atoms with van der Waals surface area (Å²) < 4.78 is 1.82. The third-order valence-corrected chi connectivity index (χ3v) is 3.62. The predicted octanol–water partition coefficient (Wildman–Crippen LogP) is 2.34. The van der Waals surface area contributed by atoms with Crippen LogP contribution in [0, 0.1) is 13.8 Å². The molecule has 0 amide bonds. The molecule has 0 aromatic carbocycles. The molecule has 0 radical (unpaired) electrons. The average Bonchev–Trinajstić information content (AvgIpc) is 2.81. The molecule has 4 nitrogen and oxygen atoms in total. The van der Waals surface area contributed by atoms with Crippen molar-refractivity contribution in [2.45, 2.75) is 33.4 Å². The molecule has 0 aliphatic rings. The fourth-order valence-corrected chi connectivity index (χ4v) is 2.79. The van der Waals surface area contributed by atoms with Gasteiger partial charge in [-0.3, -0.25) is 4.68 Å². The highest BCUT2D eigenvalue weighted by Crippen LogP contribution is 2.22. The monoisotopic (exact) mass is 250 g/mol. The minimum absolute atomic E-state index is 0.278. The van der Waals surface area contributed by atoms with Crippen LogP contribution < -0.4 is 5.32 Å². The lowest BCUT2D eigenvalue weighted by Crippen LogP contribution is -2.18. The lowest BCUT2D eigenvalue weighted by atomic mass is 10.2. The van der Waals surface area contributed by atoms with Crippen molar-refractivity contribution in [2.24, 2.45) is 7.05 Å². The highest BCUT2D eigenvalue weighted by Gasteiger charge is 2.12. The summed E-state index contributed by atoms with van der Waals surface area (Å²) in [5.41, 5.74) is 2.36. The van der Waals surface area contributed by atoms with Crippen molar-refractivity contribution in [3.05, 3.63) is 33.5 Å². The molecule has 0 fully saturated rings. The van der Waals surface area contributed by atoms with E-state index in [-0.39, 0.29) is 6.04 Å². The standard InChI is InChI=1S/C12H18N4S/c1-8(12-9(2)17-10(3)15-12)13-5-11-6-14-16(4)7-11/h6-8,13H,5H2,1-4H3. The first-order chi connectivity index (χ1) is 8.06. The Kier molecular flexibility index (Phi) is 3.59. The van der Waals surface area contributed by atoms with Gasteiger partial charge in [0, 0.05) is 36.3 Å². The summed E-state index contributed by atoms with van der Waals surface area (Å²) >= 11 is 1.76. The van der Waals surface area contributed by atoms with Crippen LogP contribution in [0.5, 0.6) is 0 Å². The number of rotatable bonds is 4. The molecule has 17 heavy (non-hydrogen) atoms. The molecule has 1 unspecified atom stereocenters. The minimum Gasteiger partial charge on any atom is -0.305 e. The van der Waals surface area contributed by atoms with Gasteiger partial charge < -0.3 is 5.32 Å². The van der Waals surface area contributed by atoms with Crippen molar-refractivity contribution in [2.75, 3.05) is 0 Å². The lowest BCUT2D eigenvalue weighted by Gasteiger charge is -2.11. The molecule has 0 bridgehead atoms. The SMILES string of the molecule is Cc1nc(C(C)NCc2cnn(C)c2)c(C)s1. The van der Waals surface area contributed by atoms with Gasteiger partial charge >= 0.3 is 0 Å². The van der Waals surface area contributed by atoms with Crippen LogP contribution in [-0.2, 0) is 13.6 Å². The van der Waals surface area contributed by atoms with Crippen molar-refractivity contribution in [1.29, 1.82) is 0 Å². The van der Waals surface area contributed by atoms with Crippen molar-refractivity contribution in [3.8, 4) is 0 Å². The van der Waals surface area contributed by atoms with E-state index < -0.39 is 0 Å². The average molecular weight is 250 g/mol. The molecule has 1 N–H and O–H groups in total. The van der Waals surface area contributed by atoms with Gasteiger partial charge in [0.25, 0.3) is 0 Å². The summed E-state index contributed by atoms with van der Waals surface area (Å²) in [6, 6.07) is 0.278. The van der Waals surface area contributed by atoms with Gasteiger partial charge in [0.2, 0.25) is 0 Å². The molecule has 92 valence electrons. The Hall–Kier alpha value is -1.20. The fourth-order valence-electron chi connectivity index (χ4n) is 1.88.